The standard InChI is InChI=1S/C23H28Br2N2O3/c1-14(2)26-23(29)17(5)27(12-18-7-6-8-19(24)11-18)21(28)13-30-20-9-15(3)22(25)16(4)10-20/h6-11,14,17H,12-13H2,1-5H3,(H,26,29)/t17-/m1/s1. The molecule has 1 atom stereocenters. The molecule has 30 heavy (non-hydrogen) atoms. The third kappa shape index (κ3) is 6.84. The fourth-order valence-corrected chi connectivity index (χ4v) is 3.71. The van der Waals surface area contributed by atoms with Crippen LogP contribution in [0.25, 0.3) is 0 Å². The first-order valence-corrected chi connectivity index (χ1v) is 11.4. The summed E-state index contributed by atoms with van der Waals surface area (Å²) in [6, 6.07) is 10.8. The normalized spacial score (nSPS) is 11.9. The Bertz CT molecular complexity index is 892. The lowest BCUT2D eigenvalue weighted by atomic mass is 10.1. The highest BCUT2D eigenvalue weighted by molar-refractivity contribution is 9.10. The zero-order chi connectivity index (χ0) is 22.4. The molecule has 5 nitrogen and oxygen atoms in total. The van der Waals surface area contributed by atoms with Gasteiger partial charge in [-0.2, -0.15) is 0 Å². The lowest BCUT2D eigenvalue weighted by Crippen LogP contribution is -2.50. The van der Waals surface area contributed by atoms with E-state index in [9.17, 15) is 9.59 Å². The fourth-order valence-electron chi connectivity index (χ4n) is 3.04. The molecule has 2 aromatic rings. The predicted molar refractivity (Wildman–Crippen MR) is 127 cm³/mol. The van der Waals surface area contributed by atoms with Gasteiger partial charge in [-0.1, -0.05) is 44.0 Å². The van der Waals surface area contributed by atoms with Gasteiger partial charge in [-0.05, 0) is 75.6 Å². The number of carbonyl (C=O) groups excluding carboxylic acids is 2. The molecule has 0 unspecified atom stereocenters. The van der Waals surface area contributed by atoms with Crippen LogP contribution in [0.2, 0.25) is 0 Å². The van der Waals surface area contributed by atoms with E-state index in [1.807, 2.05) is 64.1 Å². The molecule has 0 spiro atoms. The monoisotopic (exact) mass is 538 g/mol. The van der Waals surface area contributed by atoms with Crippen molar-refractivity contribution in [1.82, 2.24) is 10.2 Å². The first-order valence-electron chi connectivity index (χ1n) is 9.82. The van der Waals surface area contributed by atoms with Gasteiger partial charge in [0.15, 0.2) is 6.61 Å². The van der Waals surface area contributed by atoms with E-state index in [0.717, 1.165) is 25.6 Å². The zero-order valence-corrected chi connectivity index (χ0v) is 21.1. The molecule has 2 amide bonds. The number of carbonyl (C=O) groups is 2. The molecule has 0 aliphatic carbocycles. The van der Waals surface area contributed by atoms with Gasteiger partial charge in [0, 0.05) is 21.5 Å². The molecule has 0 heterocycles. The summed E-state index contributed by atoms with van der Waals surface area (Å²) in [5, 5.41) is 2.88. The van der Waals surface area contributed by atoms with Crippen LogP contribution in [-0.4, -0.2) is 35.4 Å². The lowest BCUT2D eigenvalue weighted by Gasteiger charge is -2.29. The molecule has 0 aromatic heterocycles. The fraction of sp³-hybridized carbons (Fsp3) is 0.391. The highest BCUT2D eigenvalue weighted by atomic mass is 79.9. The Balaban J connectivity index is 2.19. The van der Waals surface area contributed by atoms with Crippen LogP contribution in [0.1, 0.15) is 37.5 Å². The van der Waals surface area contributed by atoms with Crippen molar-refractivity contribution >= 4 is 43.7 Å². The number of nitrogens with zero attached hydrogens (tertiary/aromatic N) is 1. The molecule has 0 aliphatic heterocycles. The van der Waals surface area contributed by atoms with Gasteiger partial charge in [0.1, 0.15) is 11.8 Å². The van der Waals surface area contributed by atoms with Crippen LogP contribution in [0.4, 0.5) is 0 Å². The second kappa shape index (κ2) is 11.0. The Hall–Kier alpha value is -1.86. The number of rotatable bonds is 8. The van der Waals surface area contributed by atoms with Crippen LogP contribution in [0.15, 0.2) is 45.3 Å². The Kier molecular flexibility index (Phi) is 8.92. The van der Waals surface area contributed by atoms with Gasteiger partial charge in [0.25, 0.3) is 5.91 Å². The van der Waals surface area contributed by atoms with Gasteiger partial charge >= 0.3 is 0 Å². The maximum Gasteiger partial charge on any atom is 0.261 e. The van der Waals surface area contributed by atoms with Crippen molar-refractivity contribution in [3.05, 3.63) is 62.0 Å². The summed E-state index contributed by atoms with van der Waals surface area (Å²) in [5.41, 5.74) is 3.00. The van der Waals surface area contributed by atoms with Gasteiger partial charge in [-0.15, -0.1) is 0 Å². The molecular formula is C23H28Br2N2O3. The van der Waals surface area contributed by atoms with Crippen molar-refractivity contribution < 1.29 is 14.3 Å². The smallest absolute Gasteiger partial charge is 0.261 e. The van der Waals surface area contributed by atoms with Crippen molar-refractivity contribution in [1.29, 1.82) is 0 Å². The van der Waals surface area contributed by atoms with E-state index in [1.54, 1.807) is 11.8 Å². The second-order valence-corrected chi connectivity index (χ2v) is 9.36. The van der Waals surface area contributed by atoms with Crippen molar-refractivity contribution in [3.8, 4) is 5.75 Å². The van der Waals surface area contributed by atoms with E-state index < -0.39 is 6.04 Å². The van der Waals surface area contributed by atoms with Gasteiger partial charge in [-0.3, -0.25) is 9.59 Å². The van der Waals surface area contributed by atoms with Crippen molar-refractivity contribution in [2.45, 2.75) is 53.2 Å². The average Bonchev–Trinajstić information content (AvgIpc) is 2.67. The van der Waals surface area contributed by atoms with Crippen LogP contribution in [-0.2, 0) is 16.1 Å². The first kappa shape index (κ1) is 24.4. The van der Waals surface area contributed by atoms with Gasteiger partial charge in [0.05, 0.1) is 0 Å². The van der Waals surface area contributed by atoms with Gasteiger partial charge in [0.2, 0.25) is 5.91 Å². The summed E-state index contributed by atoms with van der Waals surface area (Å²) in [5.74, 6) is 0.187. The van der Waals surface area contributed by atoms with E-state index in [1.165, 1.54) is 0 Å². The number of hydrogen-bond acceptors (Lipinski definition) is 3. The number of amides is 2. The largest absolute Gasteiger partial charge is 0.484 e. The molecule has 0 bridgehead atoms. The van der Waals surface area contributed by atoms with Crippen molar-refractivity contribution in [2.75, 3.05) is 6.61 Å². The minimum absolute atomic E-state index is 0.00672. The number of halogens is 2. The average molecular weight is 540 g/mol. The molecule has 1 N–H and O–H groups in total. The SMILES string of the molecule is Cc1cc(OCC(=O)N(Cc2cccc(Br)c2)[C@H](C)C(=O)NC(C)C)cc(C)c1Br. The summed E-state index contributed by atoms with van der Waals surface area (Å²) >= 11 is 6.99. The zero-order valence-electron chi connectivity index (χ0n) is 18.0. The number of hydrogen-bond donors (Lipinski definition) is 1. The summed E-state index contributed by atoms with van der Waals surface area (Å²) < 4.78 is 7.73. The Morgan fingerprint density at radius 3 is 2.27 bits per heavy atom. The van der Waals surface area contributed by atoms with Crippen LogP contribution in [0.5, 0.6) is 5.75 Å². The highest BCUT2D eigenvalue weighted by Crippen LogP contribution is 2.26. The van der Waals surface area contributed by atoms with Gasteiger partial charge in [-0.25, -0.2) is 0 Å². The first-order chi connectivity index (χ1) is 14.1. The number of ether oxygens (including phenoxy) is 1. The maximum atomic E-state index is 13.1. The molecular weight excluding hydrogens is 512 g/mol. The van der Waals surface area contributed by atoms with Crippen molar-refractivity contribution in [2.24, 2.45) is 0 Å². The number of aryl methyl sites for hydroxylation is 2. The Morgan fingerprint density at radius 2 is 1.70 bits per heavy atom. The minimum atomic E-state index is -0.629. The third-order valence-electron chi connectivity index (χ3n) is 4.61. The van der Waals surface area contributed by atoms with Gasteiger partial charge < -0.3 is 15.0 Å². The molecule has 7 heteroatoms. The quantitative estimate of drug-likeness (QED) is 0.504. The third-order valence-corrected chi connectivity index (χ3v) is 6.36. The summed E-state index contributed by atoms with van der Waals surface area (Å²) in [6.07, 6.45) is 0. The molecule has 2 aromatic carbocycles. The summed E-state index contributed by atoms with van der Waals surface area (Å²) in [4.78, 5) is 27.2. The molecule has 0 fully saturated rings. The molecule has 0 aliphatic rings. The predicted octanol–water partition coefficient (Wildman–Crippen LogP) is 5.15. The molecule has 0 saturated heterocycles. The van der Waals surface area contributed by atoms with Crippen LogP contribution in [0, 0.1) is 13.8 Å². The summed E-state index contributed by atoms with van der Waals surface area (Å²) in [6.45, 7) is 9.65. The lowest BCUT2D eigenvalue weighted by molar-refractivity contribution is -0.142. The maximum absolute atomic E-state index is 13.1. The molecule has 2 rings (SSSR count). The van der Waals surface area contributed by atoms with E-state index >= 15 is 0 Å². The van der Waals surface area contributed by atoms with E-state index in [4.69, 9.17) is 4.74 Å². The Labute approximate surface area is 195 Å². The second-order valence-electron chi connectivity index (χ2n) is 7.65. The van der Waals surface area contributed by atoms with Crippen LogP contribution in [0.3, 0.4) is 0 Å². The Morgan fingerprint density at radius 1 is 1.07 bits per heavy atom. The van der Waals surface area contributed by atoms with Crippen LogP contribution < -0.4 is 10.1 Å². The molecule has 0 radical (unpaired) electrons. The number of nitrogens with one attached hydrogen (secondary N) is 1. The molecule has 0 saturated carbocycles. The summed E-state index contributed by atoms with van der Waals surface area (Å²) in [7, 11) is 0. The minimum Gasteiger partial charge on any atom is -0.484 e. The topological polar surface area (TPSA) is 58.6 Å². The number of benzene rings is 2. The highest BCUT2D eigenvalue weighted by Gasteiger charge is 2.27. The van der Waals surface area contributed by atoms with Crippen LogP contribution >= 0.6 is 31.9 Å². The van der Waals surface area contributed by atoms with E-state index in [0.29, 0.717) is 12.3 Å². The molecule has 162 valence electrons. The van der Waals surface area contributed by atoms with Crippen molar-refractivity contribution in [3.63, 3.8) is 0 Å². The van der Waals surface area contributed by atoms with E-state index in [2.05, 4.69) is 37.2 Å². The van der Waals surface area contributed by atoms with E-state index in [-0.39, 0.29) is 24.5 Å².